The Bertz CT molecular complexity index is 731. The van der Waals surface area contributed by atoms with Crippen molar-refractivity contribution in [2.75, 3.05) is 11.4 Å². The number of hydrogen-bond donors (Lipinski definition) is 1. The minimum absolute atomic E-state index is 0.00357. The summed E-state index contributed by atoms with van der Waals surface area (Å²) in [5.41, 5.74) is 3.37. The third-order valence-corrected chi connectivity index (χ3v) is 5.23. The molecule has 27 heavy (non-hydrogen) atoms. The zero-order chi connectivity index (χ0) is 18.9. The molecule has 3 heteroatoms. The van der Waals surface area contributed by atoms with Gasteiger partial charge in [-0.3, -0.25) is 4.90 Å². The van der Waals surface area contributed by atoms with Gasteiger partial charge in [0.15, 0.2) is 0 Å². The van der Waals surface area contributed by atoms with Gasteiger partial charge in [0, 0.05) is 18.3 Å². The molecule has 0 radical (unpaired) electrons. The van der Waals surface area contributed by atoms with Crippen molar-refractivity contribution in [3.8, 4) is 0 Å². The van der Waals surface area contributed by atoms with Gasteiger partial charge in [-0.15, -0.1) is 0 Å². The molecule has 0 heterocycles. The number of carbonyl (C=O) groups is 1. The van der Waals surface area contributed by atoms with E-state index >= 15 is 0 Å². The van der Waals surface area contributed by atoms with Crippen molar-refractivity contribution < 1.29 is 4.79 Å². The fourth-order valence-electron chi connectivity index (χ4n) is 3.57. The standard InChI is InChI=1S/C24H30N2O/c1-2-20-15-17-23(18-16-20)26(19-9-12-21-10-5-3-6-11-21)24(27)25-22-13-7-4-8-14-22/h3,5-6,9-12,15-18,22H,2,4,7-8,13-14,19H2,1H3,(H,25,27)/b12-9+. The molecule has 2 aromatic carbocycles. The predicted molar refractivity (Wildman–Crippen MR) is 114 cm³/mol. The van der Waals surface area contributed by atoms with Crippen LogP contribution < -0.4 is 10.2 Å². The summed E-state index contributed by atoms with van der Waals surface area (Å²) in [6.07, 6.45) is 11.0. The van der Waals surface area contributed by atoms with Gasteiger partial charge in [-0.1, -0.05) is 80.8 Å². The first-order valence-corrected chi connectivity index (χ1v) is 10.1. The van der Waals surface area contributed by atoms with E-state index in [1.807, 2.05) is 23.1 Å². The molecule has 2 amide bonds. The second-order valence-corrected chi connectivity index (χ2v) is 7.23. The maximum absolute atomic E-state index is 13.0. The highest BCUT2D eigenvalue weighted by Gasteiger charge is 2.20. The molecule has 0 spiro atoms. The number of carbonyl (C=O) groups excluding carboxylic acids is 1. The molecule has 0 unspecified atom stereocenters. The maximum atomic E-state index is 13.0. The van der Waals surface area contributed by atoms with Gasteiger partial charge < -0.3 is 5.32 Å². The van der Waals surface area contributed by atoms with Crippen LogP contribution in [0.4, 0.5) is 10.5 Å². The van der Waals surface area contributed by atoms with E-state index in [4.69, 9.17) is 0 Å². The van der Waals surface area contributed by atoms with Crippen LogP contribution in [0.2, 0.25) is 0 Å². The Balaban J connectivity index is 1.72. The third kappa shape index (κ3) is 5.72. The fraction of sp³-hybridized carbons (Fsp3) is 0.375. The van der Waals surface area contributed by atoms with Gasteiger partial charge in [-0.2, -0.15) is 0 Å². The molecule has 2 aromatic rings. The Labute approximate surface area is 163 Å². The summed E-state index contributed by atoms with van der Waals surface area (Å²) in [5, 5.41) is 3.25. The molecule has 142 valence electrons. The molecule has 1 N–H and O–H groups in total. The summed E-state index contributed by atoms with van der Waals surface area (Å²) in [7, 11) is 0. The molecular weight excluding hydrogens is 332 g/mol. The lowest BCUT2D eigenvalue weighted by Crippen LogP contribution is -2.45. The smallest absolute Gasteiger partial charge is 0.322 e. The van der Waals surface area contributed by atoms with Crippen molar-refractivity contribution in [3.05, 3.63) is 71.8 Å². The Hall–Kier alpha value is -2.55. The van der Waals surface area contributed by atoms with Crippen molar-refractivity contribution in [1.29, 1.82) is 0 Å². The van der Waals surface area contributed by atoms with Crippen LogP contribution in [-0.4, -0.2) is 18.6 Å². The highest BCUT2D eigenvalue weighted by Crippen LogP contribution is 2.20. The summed E-state index contributed by atoms with van der Waals surface area (Å²) in [6, 6.07) is 18.8. The number of rotatable bonds is 6. The van der Waals surface area contributed by atoms with Gasteiger partial charge >= 0.3 is 6.03 Å². The maximum Gasteiger partial charge on any atom is 0.322 e. The lowest BCUT2D eigenvalue weighted by atomic mass is 9.96. The van der Waals surface area contributed by atoms with Crippen molar-refractivity contribution >= 4 is 17.8 Å². The second kappa shape index (κ2) is 9.96. The largest absolute Gasteiger partial charge is 0.335 e. The molecule has 0 bridgehead atoms. The molecule has 0 aromatic heterocycles. The van der Waals surface area contributed by atoms with Crippen molar-refractivity contribution in [2.45, 2.75) is 51.5 Å². The zero-order valence-electron chi connectivity index (χ0n) is 16.2. The molecule has 0 atom stereocenters. The van der Waals surface area contributed by atoms with E-state index in [0.717, 1.165) is 30.5 Å². The summed E-state index contributed by atoms with van der Waals surface area (Å²) in [5.74, 6) is 0. The van der Waals surface area contributed by atoms with Crippen LogP contribution in [-0.2, 0) is 6.42 Å². The number of nitrogens with zero attached hydrogens (tertiary/aromatic N) is 1. The van der Waals surface area contributed by atoms with Crippen molar-refractivity contribution in [2.24, 2.45) is 0 Å². The van der Waals surface area contributed by atoms with Gasteiger partial charge in [-0.05, 0) is 42.5 Å². The van der Waals surface area contributed by atoms with Gasteiger partial charge in [-0.25, -0.2) is 4.79 Å². The van der Waals surface area contributed by atoms with E-state index in [2.05, 4.69) is 60.8 Å². The monoisotopic (exact) mass is 362 g/mol. The number of hydrogen-bond acceptors (Lipinski definition) is 1. The number of aryl methyl sites for hydroxylation is 1. The van der Waals surface area contributed by atoms with Crippen LogP contribution in [0.15, 0.2) is 60.7 Å². The summed E-state index contributed by atoms with van der Waals surface area (Å²) in [6.45, 7) is 2.70. The van der Waals surface area contributed by atoms with Crippen LogP contribution in [0.3, 0.4) is 0 Å². The van der Waals surface area contributed by atoms with E-state index in [1.54, 1.807) is 0 Å². The Morgan fingerprint density at radius 3 is 2.41 bits per heavy atom. The SMILES string of the molecule is CCc1ccc(N(C/C=C/c2ccccc2)C(=O)NC2CCCCC2)cc1. The Morgan fingerprint density at radius 1 is 1.04 bits per heavy atom. The first kappa shape index (κ1) is 19.2. The van der Waals surface area contributed by atoms with Gasteiger partial charge in [0.25, 0.3) is 0 Å². The lowest BCUT2D eigenvalue weighted by molar-refractivity contribution is 0.239. The van der Waals surface area contributed by atoms with Gasteiger partial charge in [0.1, 0.15) is 0 Å². The van der Waals surface area contributed by atoms with Gasteiger partial charge in [0.05, 0.1) is 0 Å². The minimum atomic E-state index is 0.00357. The molecule has 1 aliphatic carbocycles. The lowest BCUT2D eigenvalue weighted by Gasteiger charge is -2.28. The number of amides is 2. The fourth-order valence-corrected chi connectivity index (χ4v) is 3.57. The molecule has 1 aliphatic rings. The van der Waals surface area contributed by atoms with Crippen LogP contribution >= 0.6 is 0 Å². The second-order valence-electron chi connectivity index (χ2n) is 7.23. The third-order valence-electron chi connectivity index (χ3n) is 5.23. The normalized spacial score (nSPS) is 15.0. The van der Waals surface area contributed by atoms with E-state index < -0.39 is 0 Å². The average molecular weight is 363 g/mol. The van der Waals surface area contributed by atoms with E-state index in [0.29, 0.717) is 12.6 Å². The highest BCUT2D eigenvalue weighted by atomic mass is 16.2. The van der Waals surface area contributed by atoms with Crippen LogP contribution in [0, 0.1) is 0 Å². The van der Waals surface area contributed by atoms with Crippen LogP contribution in [0.25, 0.3) is 6.08 Å². The number of urea groups is 1. The molecular formula is C24H30N2O. The molecule has 1 fully saturated rings. The van der Waals surface area contributed by atoms with Crippen LogP contribution in [0.5, 0.6) is 0 Å². The molecule has 3 nitrogen and oxygen atoms in total. The summed E-state index contributed by atoms with van der Waals surface area (Å²) < 4.78 is 0. The van der Waals surface area contributed by atoms with Crippen LogP contribution in [0.1, 0.15) is 50.2 Å². The quantitative estimate of drug-likeness (QED) is 0.691. The zero-order valence-corrected chi connectivity index (χ0v) is 16.2. The van der Waals surface area contributed by atoms with Crippen molar-refractivity contribution in [1.82, 2.24) is 5.32 Å². The highest BCUT2D eigenvalue weighted by molar-refractivity contribution is 5.92. The topological polar surface area (TPSA) is 32.3 Å². The molecule has 1 saturated carbocycles. The minimum Gasteiger partial charge on any atom is -0.335 e. The summed E-state index contributed by atoms with van der Waals surface area (Å²) >= 11 is 0. The molecule has 3 rings (SSSR count). The van der Waals surface area contributed by atoms with E-state index in [9.17, 15) is 4.79 Å². The average Bonchev–Trinajstić information content (AvgIpc) is 2.73. The van der Waals surface area contributed by atoms with E-state index in [1.165, 1.54) is 24.8 Å². The molecule has 0 aliphatic heterocycles. The van der Waals surface area contributed by atoms with Gasteiger partial charge in [0.2, 0.25) is 0 Å². The number of benzene rings is 2. The number of anilines is 1. The van der Waals surface area contributed by atoms with Crippen molar-refractivity contribution in [3.63, 3.8) is 0 Å². The van der Waals surface area contributed by atoms with E-state index in [-0.39, 0.29) is 6.03 Å². The number of nitrogens with one attached hydrogen (secondary N) is 1. The Morgan fingerprint density at radius 2 is 1.74 bits per heavy atom. The first-order chi connectivity index (χ1) is 13.3. The first-order valence-electron chi connectivity index (χ1n) is 10.1. The Kier molecular flexibility index (Phi) is 7.09. The molecule has 0 saturated heterocycles. The summed E-state index contributed by atoms with van der Waals surface area (Å²) in [4.78, 5) is 14.8. The predicted octanol–water partition coefficient (Wildman–Crippen LogP) is 5.81.